The van der Waals surface area contributed by atoms with Gasteiger partial charge in [0.15, 0.2) is 0 Å². The standard InChI is InChI=1S/C25H26N6O3S/c1-14(15(2)32)30-10-8-17(9-11-30)31-23-18(24(33)29-25(31)34)13-26-20-6-5-19(28-22(20)23)16-4-7-21(35-3)27-12-16/h4-7,12-13,15,17,32H,1,8-11H2,2-3H3,(H,29,33,34)/t15-/m1/s1. The summed E-state index contributed by atoms with van der Waals surface area (Å²) in [7, 11) is 0. The van der Waals surface area contributed by atoms with Crippen molar-refractivity contribution in [2.75, 3.05) is 19.3 Å². The largest absolute Gasteiger partial charge is 0.387 e. The van der Waals surface area contributed by atoms with Gasteiger partial charge in [0, 0.05) is 42.8 Å². The molecule has 1 atom stereocenters. The summed E-state index contributed by atoms with van der Waals surface area (Å²) in [6.45, 7) is 6.97. The first kappa shape index (κ1) is 23.3. The lowest BCUT2D eigenvalue weighted by molar-refractivity contribution is 0.151. The van der Waals surface area contributed by atoms with Crippen LogP contribution in [0.1, 0.15) is 25.8 Å². The Labute approximate surface area is 205 Å². The van der Waals surface area contributed by atoms with Crippen molar-refractivity contribution in [2.45, 2.75) is 36.9 Å². The van der Waals surface area contributed by atoms with Crippen LogP contribution >= 0.6 is 11.8 Å². The Morgan fingerprint density at radius 2 is 1.94 bits per heavy atom. The number of thioether (sulfide) groups is 1. The van der Waals surface area contributed by atoms with Gasteiger partial charge in [0.25, 0.3) is 5.56 Å². The molecule has 1 fully saturated rings. The van der Waals surface area contributed by atoms with Gasteiger partial charge in [-0.05, 0) is 50.3 Å². The Morgan fingerprint density at radius 1 is 1.17 bits per heavy atom. The van der Waals surface area contributed by atoms with E-state index >= 15 is 0 Å². The van der Waals surface area contributed by atoms with E-state index in [1.807, 2.05) is 35.4 Å². The number of nitrogens with zero attached hydrogens (tertiary/aromatic N) is 5. The number of fused-ring (bicyclic) bond motifs is 3. The fourth-order valence-corrected chi connectivity index (χ4v) is 4.99. The molecule has 35 heavy (non-hydrogen) atoms. The van der Waals surface area contributed by atoms with Gasteiger partial charge in [0.1, 0.15) is 5.52 Å². The van der Waals surface area contributed by atoms with Crippen molar-refractivity contribution in [1.82, 2.24) is 29.4 Å². The zero-order valence-electron chi connectivity index (χ0n) is 19.6. The van der Waals surface area contributed by atoms with Crippen molar-refractivity contribution >= 4 is 33.7 Å². The average molecular weight is 491 g/mol. The van der Waals surface area contributed by atoms with E-state index in [0.29, 0.717) is 59.3 Å². The van der Waals surface area contributed by atoms with Crippen LogP contribution in [0, 0.1) is 0 Å². The molecule has 10 heteroatoms. The summed E-state index contributed by atoms with van der Waals surface area (Å²) in [5.74, 6) is 0. The van der Waals surface area contributed by atoms with E-state index in [4.69, 9.17) is 4.98 Å². The first-order valence-corrected chi connectivity index (χ1v) is 12.7. The second-order valence-electron chi connectivity index (χ2n) is 8.69. The van der Waals surface area contributed by atoms with Gasteiger partial charge in [-0.2, -0.15) is 0 Å². The Hall–Kier alpha value is -3.50. The van der Waals surface area contributed by atoms with Gasteiger partial charge in [0.05, 0.1) is 33.2 Å². The highest BCUT2D eigenvalue weighted by atomic mass is 32.2. The third-order valence-electron chi connectivity index (χ3n) is 6.57. The van der Waals surface area contributed by atoms with Crippen LogP contribution in [0.25, 0.3) is 33.2 Å². The lowest BCUT2D eigenvalue weighted by atomic mass is 10.0. The number of piperidine rings is 1. The minimum Gasteiger partial charge on any atom is -0.387 e. The van der Waals surface area contributed by atoms with Crippen LogP contribution in [0.15, 0.2) is 63.6 Å². The highest BCUT2D eigenvalue weighted by molar-refractivity contribution is 7.98. The molecular weight excluding hydrogens is 464 g/mol. The van der Waals surface area contributed by atoms with E-state index in [9.17, 15) is 14.7 Å². The molecule has 4 aromatic heterocycles. The summed E-state index contributed by atoms with van der Waals surface area (Å²) in [4.78, 5) is 44.1. The molecule has 0 bridgehead atoms. The lowest BCUT2D eigenvalue weighted by Gasteiger charge is -2.36. The maximum atomic E-state index is 13.1. The quantitative estimate of drug-likeness (QED) is 0.324. The molecular formula is C25H26N6O3S. The number of aromatic nitrogens is 5. The van der Waals surface area contributed by atoms with E-state index in [1.54, 1.807) is 29.4 Å². The lowest BCUT2D eigenvalue weighted by Crippen LogP contribution is -2.40. The predicted molar refractivity (Wildman–Crippen MR) is 138 cm³/mol. The van der Waals surface area contributed by atoms with E-state index < -0.39 is 17.4 Å². The highest BCUT2D eigenvalue weighted by Crippen LogP contribution is 2.30. The van der Waals surface area contributed by atoms with Crippen molar-refractivity contribution in [2.24, 2.45) is 0 Å². The fourth-order valence-electron chi connectivity index (χ4n) is 4.63. The minimum atomic E-state index is -0.625. The summed E-state index contributed by atoms with van der Waals surface area (Å²) in [5, 5.41) is 11.1. The summed E-state index contributed by atoms with van der Waals surface area (Å²) in [6, 6.07) is 7.47. The normalized spacial score (nSPS) is 15.6. The molecule has 1 saturated heterocycles. The zero-order valence-corrected chi connectivity index (χ0v) is 20.4. The molecule has 9 nitrogen and oxygen atoms in total. The van der Waals surface area contributed by atoms with Crippen molar-refractivity contribution in [3.63, 3.8) is 0 Å². The summed E-state index contributed by atoms with van der Waals surface area (Å²) < 4.78 is 1.66. The monoisotopic (exact) mass is 490 g/mol. The molecule has 1 aliphatic heterocycles. The molecule has 0 amide bonds. The molecule has 5 rings (SSSR count). The van der Waals surface area contributed by atoms with Crippen LogP contribution in [0.3, 0.4) is 0 Å². The highest BCUT2D eigenvalue weighted by Gasteiger charge is 2.26. The maximum Gasteiger partial charge on any atom is 0.329 e. The SMILES string of the molecule is C=C([C@@H](C)O)N1CCC(n2c(=O)[nH]c(=O)c3cnc4ccc(-c5ccc(SC)nc5)nc4c32)CC1. The van der Waals surface area contributed by atoms with Crippen LogP contribution in [0.2, 0.25) is 0 Å². The Bertz CT molecular complexity index is 1540. The number of hydrogen-bond donors (Lipinski definition) is 2. The van der Waals surface area contributed by atoms with Gasteiger partial charge in [-0.25, -0.2) is 14.8 Å². The molecule has 0 aliphatic carbocycles. The number of aromatic amines is 1. The maximum absolute atomic E-state index is 13.1. The first-order valence-electron chi connectivity index (χ1n) is 11.4. The van der Waals surface area contributed by atoms with Crippen LogP contribution < -0.4 is 11.2 Å². The van der Waals surface area contributed by atoms with Gasteiger partial charge < -0.3 is 10.0 Å². The molecule has 2 N–H and O–H groups in total. The van der Waals surface area contributed by atoms with Gasteiger partial charge in [-0.3, -0.25) is 19.3 Å². The second-order valence-corrected chi connectivity index (χ2v) is 9.52. The van der Waals surface area contributed by atoms with Crippen LogP contribution in [0.4, 0.5) is 0 Å². The molecule has 180 valence electrons. The van der Waals surface area contributed by atoms with E-state index in [-0.39, 0.29) is 6.04 Å². The second kappa shape index (κ2) is 9.27. The van der Waals surface area contributed by atoms with E-state index in [0.717, 1.165) is 10.6 Å². The van der Waals surface area contributed by atoms with Gasteiger partial charge >= 0.3 is 5.69 Å². The summed E-state index contributed by atoms with van der Waals surface area (Å²) in [5.41, 5.74) is 2.87. The number of rotatable bonds is 5. The average Bonchev–Trinajstić information content (AvgIpc) is 2.88. The number of nitrogens with one attached hydrogen (secondary N) is 1. The Balaban J connectivity index is 1.65. The summed E-state index contributed by atoms with van der Waals surface area (Å²) in [6.07, 6.45) is 5.94. The van der Waals surface area contributed by atoms with Gasteiger partial charge in [-0.1, -0.05) is 6.58 Å². The minimum absolute atomic E-state index is 0.140. The number of aliphatic hydroxyl groups is 1. The van der Waals surface area contributed by atoms with Crippen molar-refractivity contribution in [3.8, 4) is 11.3 Å². The van der Waals surface area contributed by atoms with Crippen LogP contribution in [0.5, 0.6) is 0 Å². The Morgan fingerprint density at radius 3 is 2.60 bits per heavy atom. The number of H-pyrrole nitrogens is 1. The fraction of sp³-hybridized carbons (Fsp3) is 0.320. The predicted octanol–water partition coefficient (Wildman–Crippen LogP) is 2.95. The third kappa shape index (κ3) is 4.23. The smallest absolute Gasteiger partial charge is 0.329 e. The van der Waals surface area contributed by atoms with Crippen LogP contribution in [-0.2, 0) is 0 Å². The zero-order chi connectivity index (χ0) is 24.7. The molecule has 0 radical (unpaired) electrons. The summed E-state index contributed by atoms with van der Waals surface area (Å²) >= 11 is 1.56. The number of pyridine rings is 3. The van der Waals surface area contributed by atoms with Crippen molar-refractivity contribution in [3.05, 3.63) is 69.8 Å². The molecule has 5 heterocycles. The third-order valence-corrected chi connectivity index (χ3v) is 7.23. The van der Waals surface area contributed by atoms with Gasteiger partial charge in [-0.15, -0.1) is 11.8 Å². The number of hydrogen-bond acceptors (Lipinski definition) is 8. The molecule has 0 saturated carbocycles. The molecule has 4 aromatic rings. The van der Waals surface area contributed by atoms with Crippen molar-refractivity contribution in [1.29, 1.82) is 0 Å². The van der Waals surface area contributed by atoms with Gasteiger partial charge in [0.2, 0.25) is 0 Å². The van der Waals surface area contributed by atoms with Crippen molar-refractivity contribution < 1.29 is 5.11 Å². The molecule has 1 aliphatic rings. The van der Waals surface area contributed by atoms with Crippen LogP contribution in [-0.4, -0.2) is 60.0 Å². The number of likely N-dealkylation sites (tertiary alicyclic amines) is 1. The Kier molecular flexibility index (Phi) is 6.16. The van der Waals surface area contributed by atoms with E-state index in [1.165, 1.54) is 6.20 Å². The van der Waals surface area contributed by atoms with E-state index in [2.05, 4.69) is 21.5 Å². The molecule has 0 unspecified atom stereocenters. The topological polar surface area (TPSA) is 117 Å². The molecule has 0 aromatic carbocycles. The molecule has 0 spiro atoms. The first-order chi connectivity index (χ1) is 16.9. The number of aliphatic hydroxyl groups excluding tert-OH is 1.